The highest BCUT2D eigenvalue weighted by Crippen LogP contribution is 2.69. The van der Waals surface area contributed by atoms with Crippen molar-refractivity contribution in [2.24, 2.45) is 5.92 Å². The predicted octanol–water partition coefficient (Wildman–Crippen LogP) is -0.195. The molecule has 8 nitrogen and oxygen atoms in total. The zero-order chi connectivity index (χ0) is 13.3. The Labute approximate surface area is 97.9 Å². The van der Waals surface area contributed by atoms with E-state index in [0.717, 1.165) is 0 Å². The van der Waals surface area contributed by atoms with Crippen molar-refractivity contribution in [3.8, 4) is 0 Å². The maximum Gasteiger partial charge on any atom is 0.369 e. The fourth-order valence-electron chi connectivity index (χ4n) is 1.75. The Morgan fingerprint density at radius 3 is 1.82 bits per heavy atom. The minimum absolute atomic E-state index is 0.350. The van der Waals surface area contributed by atoms with Crippen molar-refractivity contribution in [1.29, 1.82) is 0 Å². The van der Waals surface area contributed by atoms with Crippen LogP contribution in [0.3, 0.4) is 0 Å². The van der Waals surface area contributed by atoms with Gasteiger partial charge in [-0.15, -0.1) is 0 Å². The molecule has 0 aromatic carbocycles. The number of aliphatic hydroxyl groups is 1. The van der Waals surface area contributed by atoms with Gasteiger partial charge < -0.3 is 29.4 Å². The van der Waals surface area contributed by atoms with Crippen molar-refractivity contribution in [1.82, 2.24) is 0 Å². The standard InChI is InChI=1S/C7H16O8P2/c8-7(16(9,10)11,17(12,13)14)5-6-1-3-15-4-2-6/h6,8H,1-5H2,(H2,9,10,11)(H2,12,13,14). The summed E-state index contributed by atoms with van der Waals surface area (Å²) in [5.41, 5.74) is 0. The summed E-state index contributed by atoms with van der Waals surface area (Å²) in [7, 11) is -10.6. The molecule has 0 aromatic rings. The van der Waals surface area contributed by atoms with Gasteiger partial charge in [-0.2, -0.15) is 0 Å². The van der Waals surface area contributed by atoms with Crippen molar-refractivity contribution >= 4 is 15.2 Å². The molecule has 0 atom stereocenters. The summed E-state index contributed by atoms with van der Waals surface area (Å²) in [6.45, 7) is 0.701. The Hall–Kier alpha value is 0.220. The van der Waals surface area contributed by atoms with Crippen LogP contribution in [0.4, 0.5) is 0 Å². The van der Waals surface area contributed by atoms with Gasteiger partial charge in [0.2, 0.25) is 0 Å². The molecule has 1 aliphatic heterocycles. The molecule has 0 amide bonds. The second kappa shape index (κ2) is 5.07. The summed E-state index contributed by atoms with van der Waals surface area (Å²) in [6, 6.07) is 0. The molecule has 10 heteroatoms. The lowest BCUT2D eigenvalue weighted by Crippen LogP contribution is -2.33. The van der Waals surface area contributed by atoms with E-state index >= 15 is 0 Å². The minimum atomic E-state index is -5.32. The van der Waals surface area contributed by atoms with Crippen LogP contribution in [0.25, 0.3) is 0 Å². The summed E-state index contributed by atoms with van der Waals surface area (Å²) < 4.78 is 27.2. The molecule has 1 saturated heterocycles. The molecule has 1 fully saturated rings. The highest BCUT2D eigenvalue weighted by Gasteiger charge is 2.59. The van der Waals surface area contributed by atoms with Crippen LogP contribution in [-0.4, -0.2) is 43.0 Å². The Balaban J connectivity index is 2.92. The van der Waals surface area contributed by atoms with Crippen molar-refractivity contribution in [2.75, 3.05) is 13.2 Å². The molecule has 1 aliphatic rings. The molecular formula is C7H16O8P2. The molecule has 1 rings (SSSR count). The number of hydrogen-bond donors (Lipinski definition) is 5. The average molecular weight is 290 g/mol. The van der Waals surface area contributed by atoms with Gasteiger partial charge in [0, 0.05) is 19.6 Å². The van der Waals surface area contributed by atoms with Crippen LogP contribution < -0.4 is 0 Å². The molecule has 0 aliphatic carbocycles. The third-order valence-corrected chi connectivity index (χ3v) is 6.63. The predicted molar refractivity (Wildman–Crippen MR) is 57.2 cm³/mol. The molecular weight excluding hydrogens is 274 g/mol. The molecule has 0 radical (unpaired) electrons. The first kappa shape index (κ1) is 15.3. The van der Waals surface area contributed by atoms with E-state index in [1.165, 1.54) is 0 Å². The molecule has 0 spiro atoms. The lowest BCUT2D eigenvalue weighted by molar-refractivity contribution is 0.0380. The first-order valence-electron chi connectivity index (χ1n) is 4.99. The van der Waals surface area contributed by atoms with Gasteiger partial charge in [-0.1, -0.05) is 0 Å². The molecule has 102 valence electrons. The fourth-order valence-corrected chi connectivity index (χ4v) is 4.09. The van der Waals surface area contributed by atoms with Crippen molar-refractivity contribution in [3.05, 3.63) is 0 Å². The molecule has 1 heterocycles. The van der Waals surface area contributed by atoms with E-state index < -0.39 is 26.7 Å². The lowest BCUT2D eigenvalue weighted by Gasteiger charge is -2.33. The second-order valence-electron chi connectivity index (χ2n) is 4.12. The lowest BCUT2D eigenvalue weighted by atomic mass is 9.97. The first-order chi connectivity index (χ1) is 7.58. The van der Waals surface area contributed by atoms with Crippen LogP contribution >= 0.6 is 15.2 Å². The zero-order valence-electron chi connectivity index (χ0n) is 8.97. The molecule has 0 bridgehead atoms. The fraction of sp³-hybridized carbons (Fsp3) is 1.00. The van der Waals surface area contributed by atoms with Gasteiger partial charge in [0.25, 0.3) is 5.08 Å². The quantitative estimate of drug-likeness (QED) is 0.448. The van der Waals surface area contributed by atoms with Crippen molar-refractivity contribution in [3.63, 3.8) is 0 Å². The minimum Gasteiger partial charge on any atom is -0.381 e. The van der Waals surface area contributed by atoms with Crippen LogP contribution in [0.15, 0.2) is 0 Å². The molecule has 0 saturated carbocycles. The Bertz CT molecular complexity index is 329. The van der Waals surface area contributed by atoms with Crippen molar-refractivity contribution < 1.29 is 38.5 Å². The Morgan fingerprint density at radius 1 is 1.06 bits per heavy atom. The van der Waals surface area contributed by atoms with E-state index in [1.54, 1.807) is 0 Å². The second-order valence-corrected chi connectivity index (χ2v) is 8.13. The maximum absolute atomic E-state index is 11.1. The van der Waals surface area contributed by atoms with Crippen LogP contribution in [0.5, 0.6) is 0 Å². The summed E-state index contributed by atoms with van der Waals surface area (Å²) in [4.78, 5) is 35.8. The van der Waals surface area contributed by atoms with Gasteiger partial charge in [0.15, 0.2) is 0 Å². The molecule has 17 heavy (non-hydrogen) atoms. The van der Waals surface area contributed by atoms with E-state index in [9.17, 15) is 14.2 Å². The van der Waals surface area contributed by atoms with Crippen LogP contribution in [-0.2, 0) is 13.9 Å². The average Bonchev–Trinajstić information content (AvgIpc) is 2.15. The van der Waals surface area contributed by atoms with Gasteiger partial charge in [0.05, 0.1) is 0 Å². The largest absolute Gasteiger partial charge is 0.381 e. The van der Waals surface area contributed by atoms with Crippen molar-refractivity contribution in [2.45, 2.75) is 24.3 Å². The van der Waals surface area contributed by atoms with E-state index in [4.69, 9.17) is 24.3 Å². The van der Waals surface area contributed by atoms with Gasteiger partial charge in [0.1, 0.15) is 0 Å². The highest BCUT2D eigenvalue weighted by atomic mass is 31.2. The van der Waals surface area contributed by atoms with Gasteiger partial charge in [-0.05, 0) is 18.8 Å². The van der Waals surface area contributed by atoms with E-state index in [2.05, 4.69) is 0 Å². The molecule has 0 unspecified atom stereocenters. The third kappa shape index (κ3) is 3.36. The summed E-state index contributed by atoms with van der Waals surface area (Å²) in [5, 5.41) is 6.38. The maximum atomic E-state index is 11.1. The Morgan fingerprint density at radius 2 is 1.47 bits per heavy atom. The normalized spacial score (nSPS) is 20.5. The third-order valence-electron chi connectivity index (χ3n) is 2.84. The Kier molecular flexibility index (Phi) is 4.56. The topological polar surface area (TPSA) is 145 Å². The van der Waals surface area contributed by atoms with E-state index in [0.29, 0.717) is 26.1 Å². The summed E-state index contributed by atoms with van der Waals surface area (Å²) in [6.07, 6.45) is 0.176. The smallest absolute Gasteiger partial charge is 0.369 e. The van der Waals surface area contributed by atoms with Gasteiger partial charge >= 0.3 is 15.2 Å². The van der Waals surface area contributed by atoms with E-state index in [-0.39, 0.29) is 5.92 Å². The number of hydrogen-bond acceptors (Lipinski definition) is 4. The SMILES string of the molecule is O=P(O)(O)C(O)(CC1CCOCC1)P(=O)(O)O. The zero-order valence-corrected chi connectivity index (χ0v) is 10.8. The monoisotopic (exact) mass is 290 g/mol. The number of rotatable bonds is 4. The van der Waals surface area contributed by atoms with Crippen LogP contribution in [0, 0.1) is 5.92 Å². The van der Waals surface area contributed by atoms with Crippen LogP contribution in [0.1, 0.15) is 19.3 Å². The summed E-state index contributed by atoms with van der Waals surface area (Å²) >= 11 is 0. The highest BCUT2D eigenvalue weighted by molar-refractivity contribution is 7.72. The first-order valence-corrected chi connectivity index (χ1v) is 8.22. The molecule has 5 N–H and O–H groups in total. The van der Waals surface area contributed by atoms with Crippen LogP contribution in [0.2, 0.25) is 0 Å². The summed E-state index contributed by atoms with van der Waals surface area (Å²) in [5.74, 6) is -0.381. The van der Waals surface area contributed by atoms with E-state index in [1.807, 2.05) is 0 Å². The number of ether oxygens (including phenoxy) is 1. The molecule has 0 aromatic heterocycles. The van der Waals surface area contributed by atoms with Gasteiger partial charge in [-0.3, -0.25) is 9.13 Å². The van der Waals surface area contributed by atoms with Gasteiger partial charge in [-0.25, -0.2) is 0 Å².